The molecule has 6 heteroatoms. The molecule has 0 unspecified atom stereocenters. The van der Waals surface area contributed by atoms with Crippen molar-refractivity contribution in [1.29, 1.82) is 5.26 Å². The zero-order valence-corrected chi connectivity index (χ0v) is 16.6. The summed E-state index contributed by atoms with van der Waals surface area (Å²) in [6.45, 7) is 4.48. The molecule has 1 fully saturated rings. The Balaban J connectivity index is 1.79. The van der Waals surface area contributed by atoms with E-state index in [0.717, 1.165) is 21.9 Å². The Morgan fingerprint density at radius 2 is 1.97 bits per heavy atom. The van der Waals surface area contributed by atoms with Gasteiger partial charge in [0.1, 0.15) is 24.5 Å². The molecule has 3 aromatic rings. The summed E-state index contributed by atoms with van der Waals surface area (Å²) in [6.07, 6.45) is -0.195. The Hall–Kier alpha value is -3.14. The Bertz CT molecular complexity index is 1070. The van der Waals surface area contributed by atoms with Crippen LogP contribution in [0.1, 0.15) is 19.5 Å². The van der Waals surface area contributed by atoms with Gasteiger partial charge < -0.3 is 18.9 Å². The maximum Gasteiger partial charge on any atom is 0.222 e. The van der Waals surface area contributed by atoms with E-state index in [2.05, 4.69) is 11.1 Å². The molecule has 1 saturated heterocycles. The summed E-state index contributed by atoms with van der Waals surface area (Å²) < 4.78 is 22.8. The third-order valence-electron chi connectivity index (χ3n) is 4.82. The average Bonchev–Trinajstić information content (AvgIpc) is 3.10. The van der Waals surface area contributed by atoms with Gasteiger partial charge in [-0.25, -0.2) is 4.98 Å². The second-order valence-electron chi connectivity index (χ2n) is 7.29. The van der Waals surface area contributed by atoms with Gasteiger partial charge in [-0.2, -0.15) is 5.26 Å². The number of rotatable bonds is 5. The molecule has 0 radical (unpaired) electrons. The lowest BCUT2D eigenvalue weighted by Crippen LogP contribution is -2.25. The fourth-order valence-electron chi connectivity index (χ4n) is 3.49. The standard InChI is InChI=1S/C23H22N2O4/c1-23(2)28-14-17(29-23)13-27-22-18-10-9-16(26-3)11-19(18)21(20(12-24)25-22)15-7-5-4-6-8-15/h4-11,17H,13-14H2,1-3H3/t17-/m0/s1. The van der Waals surface area contributed by atoms with Crippen LogP contribution in [-0.4, -0.2) is 37.2 Å². The second-order valence-corrected chi connectivity index (χ2v) is 7.29. The molecule has 1 aromatic heterocycles. The summed E-state index contributed by atoms with van der Waals surface area (Å²) in [4.78, 5) is 4.53. The smallest absolute Gasteiger partial charge is 0.222 e. The van der Waals surface area contributed by atoms with E-state index in [9.17, 15) is 5.26 Å². The number of nitrogens with zero attached hydrogens (tertiary/aromatic N) is 2. The van der Waals surface area contributed by atoms with Crippen LogP contribution >= 0.6 is 0 Å². The maximum atomic E-state index is 9.79. The van der Waals surface area contributed by atoms with Crippen LogP contribution in [0.5, 0.6) is 11.6 Å². The average molecular weight is 390 g/mol. The summed E-state index contributed by atoms with van der Waals surface area (Å²) in [5.74, 6) is 0.475. The highest BCUT2D eigenvalue weighted by atomic mass is 16.7. The highest BCUT2D eigenvalue weighted by Gasteiger charge is 2.33. The lowest BCUT2D eigenvalue weighted by Gasteiger charge is -2.18. The molecule has 2 heterocycles. The van der Waals surface area contributed by atoms with Gasteiger partial charge in [-0.3, -0.25) is 0 Å². The molecular formula is C23H22N2O4. The van der Waals surface area contributed by atoms with Crippen LogP contribution < -0.4 is 9.47 Å². The summed E-state index contributed by atoms with van der Waals surface area (Å²) >= 11 is 0. The number of methoxy groups -OCH3 is 1. The van der Waals surface area contributed by atoms with Gasteiger partial charge in [0.15, 0.2) is 11.5 Å². The quantitative estimate of drug-likeness (QED) is 0.646. The first kappa shape index (κ1) is 19.2. The predicted octanol–water partition coefficient (Wildman–Crippen LogP) is 4.31. The fourth-order valence-corrected chi connectivity index (χ4v) is 3.49. The Kier molecular flexibility index (Phi) is 5.10. The molecule has 148 valence electrons. The van der Waals surface area contributed by atoms with E-state index in [4.69, 9.17) is 18.9 Å². The van der Waals surface area contributed by atoms with Crippen molar-refractivity contribution >= 4 is 10.8 Å². The fraction of sp³-hybridized carbons (Fsp3) is 0.304. The van der Waals surface area contributed by atoms with Crippen LogP contribution in [-0.2, 0) is 9.47 Å². The number of fused-ring (bicyclic) bond motifs is 1. The van der Waals surface area contributed by atoms with E-state index >= 15 is 0 Å². The minimum atomic E-state index is -0.619. The van der Waals surface area contributed by atoms with Crippen LogP contribution in [0, 0.1) is 11.3 Å². The lowest BCUT2D eigenvalue weighted by atomic mass is 9.97. The highest BCUT2D eigenvalue weighted by molar-refractivity contribution is 6.01. The SMILES string of the molecule is COc1ccc2c(OC[C@H]3COC(C)(C)O3)nc(C#N)c(-c3ccccc3)c2c1. The van der Waals surface area contributed by atoms with Gasteiger partial charge in [0.05, 0.1) is 13.7 Å². The van der Waals surface area contributed by atoms with Crippen LogP contribution in [0.15, 0.2) is 48.5 Å². The van der Waals surface area contributed by atoms with Crippen molar-refractivity contribution in [3.05, 3.63) is 54.2 Å². The van der Waals surface area contributed by atoms with Crippen LogP contribution in [0.4, 0.5) is 0 Å². The molecule has 2 aromatic carbocycles. The van der Waals surface area contributed by atoms with Crippen LogP contribution in [0.3, 0.4) is 0 Å². The molecule has 4 rings (SSSR count). The van der Waals surface area contributed by atoms with Crippen molar-refractivity contribution in [2.45, 2.75) is 25.7 Å². The third-order valence-corrected chi connectivity index (χ3v) is 4.82. The molecule has 0 saturated carbocycles. The molecule has 6 nitrogen and oxygen atoms in total. The summed E-state index contributed by atoms with van der Waals surface area (Å²) in [6, 6.07) is 17.6. The number of aromatic nitrogens is 1. The van der Waals surface area contributed by atoms with Crippen molar-refractivity contribution in [3.63, 3.8) is 0 Å². The molecule has 0 N–H and O–H groups in total. The minimum Gasteiger partial charge on any atom is -0.497 e. The summed E-state index contributed by atoms with van der Waals surface area (Å²) in [5, 5.41) is 11.4. The molecule has 0 amide bonds. The van der Waals surface area contributed by atoms with Crippen LogP contribution in [0.2, 0.25) is 0 Å². The topological polar surface area (TPSA) is 73.6 Å². The van der Waals surface area contributed by atoms with Crippen molar-refractivity contribution < 1.29 is 18.9 Å². The molecule has 0 aliphatic carbocycles. The number of hydrogen-bond acceptors (Lipinski definition) is 6. The molecule has 0 spiro atoms. The van der Waals surface area contributed by atoms with Crippen molar-refractivity contribution in [2.75, 3.05) is 20.3 Å². The van der Waals surface area contributed by atoms with Gasteiger partial charge in [0.25, 0.3) is 0 Å². The normalized spacial score (nSPS) is 17.8. The number of nitriles is 1. The zero-order valence-electron chi connectivity index (χ0n) is 16.6. The van der Waals surface area contributed by atoms with Gasteiger partial charge in [-0.05, 0) is 37.6 Å². The first-order chi connectivity index (χ1) is 14.0. The van der Waals surface area contributed by atoms with E-state index in [-0.39, 0.29) is 12.7 Å². The molecule has 29 heavy (non-hydrogen) atoms. The van der Waals surface area contributed by atoms with Crippen LogP contribution in [0.25, 0.3) is 21.9 Å². The Labute approximate surface area is 169 Å². The van der Waals surface area contributed by atoms with Gasteiger partial charge in [0, 0.05) is 16.3 Å². The number of benzene rings is 2. The van der Waals surface area contributed by atoms with Crippen molar-refractivity contribution in [1.82, 2.24) is 4.98 Å². The van der Waals surface area contributed by atoms with Gasteiger partial charge >= 0.3 is 0 Å². The summed E-state index contributed by atoms with van der Waals surface area (Å²) in [7, 11) is 1.62. The first-order valence-corrected chi connectivity index (χ1v) is 9.42. The highest BCUT2D eigenvalue weighted by Crippen LogP contribution is 2.37. The van der Waals surface area contributed by atoms with Crippen molar-refractivity contribution in [2.24, 2.45) is 0 Å². The zero-order chi connectivity index (χ0) is 20.4. The minimum absolute atomic E-state index is 0.195. The Morgan fingerprint density at radius 3 is 2.62 bits per heavy atom. The maximum absolute atomic E-state index is 9.79. The largest absolute Gasteiger partial charge is 0.497 e. The second kappa shape index (κ2) is 7.70. The molecule has 1 aliphatic heterocycles. The third kappa shape index (κ3) is 3.88. The molecule has 0 bridgehead atoms. The van der Waals surface area contributed by atoms with Crippen molar-refractivity contribution in [3.8, 4) is 28.8 Å². The van der Waals surface area contributed by atoms with Gasteiger partial charge in [-0.15, -0.1) is 0 Å². The lowest BCUT2D eigenvalue weighted by molar-refractivity contribution is -0.141. The molecule has 1 atom stereocenters. The first-order valence-electron chi connectivity index (χ1n) is 9.42. The predicted molar refractivity (Wildman–Crippen MR) is 109 cm³/mol. The van der Waals surface area contributed by atoms with E-state index < -0.39 is 5.79 Å². The van der Waals surface area contributed by atoms with E-state index in [0.29, 0.717) is 23.9 Å². The molecular weight excluding hydrogens is 368 g/mol. The molecule has 1 aliphatic rings. The van der Waals surface area contributed by atoms with E-state index in [1.807, 2.05) is 62.4 Å². The monoisotopic (exact) mass is 390 g/mol. The van der Waals surface area contributed by atoms with E-state index in [1.54, 1.807) is 7.11 Å². The number of pyridine rings is 1. The van der Waals surface area contributed by atoms with E-state index in [1.165, 1.54) is 0 Å². The Morgan fingerprint density at radius 1 is 1.17 bits per heavy atom. The van der Waals surface area contributed by atoms with Gasteiger partial charge in [-0.1, -0.05) is 30.3 Å². The number of hydrogen-bond donors (Lipinski definition) is 0. The number of ether oxygens (including phenoxy) is 4. The summed E-state index contributed by atoms with van der Waals surface area (Å²) in [5.41, 5.74) is 1.97. The van der Waals surface area contributed by atoms with Gasteiger partial charge in [0.2, 0.25) is 5.88 Å².